The van der Waals surface area contributed by atoms with Crippen molar-refractivity contribution in [3.8, 4) is 5.75 Å². The Balaban J connectivity index is 2.26. The maximum Gasteiger partial charge on any atom is 0.146 e. The Hall–Kier alpha value is 0.880. The first-order valence-corrected chi connectivity index (χ1v) is 9.52. The van der Waals surface area contributed by atoms with Crippen molar-refractivity contribution in [2.45, 2.75) is 39.2 Å². The average molecular weight is 596 g/mol. The highest BCUT2D eigenvalue weighted by Gasteiger charge is 2.54. The normalized spacial score (nSPS) is 21.1. The van der Waals surface area contributed by atoms with Crippen LogP contribution in [0.4, 0.5) is 0 Å². The standard InChI is InChI=1S/C14H15I3O2/c1-3-14(4-2)11(18)7-12(14)19-13-9(16)5-8(15)6-10(13)17/h5-6,12H,3-4,7H2,1-2H3. The van der Waals surface area contributed by atoms with Crippen molar-refractivity contribution in [2.75, 3.05) is 0 Å². The Morgan fingerprint density at radius 3 is 2.16 bits per heavy atom. The van der Waals surface area contributed by atoms with Crippen molar-refractivity contribution >= 4 is 73.6 Å². The maximum absolute atomic E-state index is 12.0. The molecular formula is C14H15I3O2. The summed E-state index contributed by atoms with van der Waals surface area (Å²) in [7, 11) is 0. The highest BCUT2D eigenvalue weighted by Crippen LogP contribution is 2.46. The molecule has 0 aromatic heterocycles. The molecule has 0 radical (unpaired) electrons. The summed E-state index contributed by atoms with van der Waals surface area (Å²) in [4.78, 5) is 12.0. The van der Waals surface area contributed by atoms with E-state index in [4.69, 9.17) is 4.74 Å². The summed E-state index contributed by atoms with van der Waals surface area (Å²) in [5.41, 5.74) is -0.255. The van der Waals surface area contributed by atoms with Gasteiger partial charge in [-0.15, -0.1) is 0 Å². The highest BCUT2D eigenvalue weighted by molar-refractivity contribution is 14.1. The Morgan fingerprint density at radius 1 is 1.21 bits per heavy atom. The lowest BCUT2D eigenvalue weighted by Crippen LogP contribution is -2.56. The lowest BCUT2D eigenvalue weighted by molar-refractivity contribution is -0.153. The van der Waals surface area contributed by atoms with Gasteiger partial charge in [0.15, 0.2) is 0 Å². The van der Waals surface area contributed by atoms with Gasteiger partial charge >= 0.3 is 0 Å². The van der Waals surface area contributed by atoms with Crippen LogP contribution in [0.5, 0.6) is 5.75 Å². The van der Waals surface area contributed by atoms with E-state index in [1.807, 2.05) is 0 Å². The summed E-state index contributed by atoms with van der Waals surface area (Å²) in [6.45, 7) is 4.17. The van der Waals surface area contributed by atoms with Gasteiger partial charge in [0.05, 0.1) is 12.6 Å². The average Bonchev–Trinajstić information content (AvgIpc) is 2.33. The van der Waals surface area contributed by atoms with Crippen molar-refractivity contribution < 1.29 is 9.53 Å². The second-order valence-corrected chi connectivity index (χ2v) is 8.37. The zero-order chi connectivity index (χ0) is 14.2. The number of hydrogen-bond donors (Lipinski definition) is 0. The van der Waals surface area contributed by atoms with Crippen LogP contribution in [0, 0.1) is 16.1 Å². The van der Waals surface area contributed by atoms with E-state index in [2.05, 4.69) is 93.8 Å². The molecule has 104 valence electrons. The highest BCUT2D eigenvalue weighted by atomic mass is 127. The molecule has 0 N–H and O–H groups in total. The van der Waals surface area contributed by atoms with E-state index in [1.54, 1.807) is 0 Å². The second-order valence-electron chi connectivity index (χ2n) is 4.80. The summed E-state index contributed by atoms with van der Waals surface area (Å²) < 4.78 is 9.64. The smallest absolute Gasteiger partial charge is 0.146 e. The fourth-order valence-electron chi connectivity index (χ4n) is 2.65. The molecule has 0 amide bonds. The molecule has 0 spiro atoms. The quantitative estimate of drug-likeness (QED) is 0.457. The van der Waals surface area contributed by atoms with Crippen LogP contribution in [-0.4, -0.2) is 11.9 Å². The Morgan fingerprint density at radius 2 is 1.74 bits per heavy atom. The van der Waals surface area contributed by atoms with Gasteiger partial charge in [0, 0.05) is 9.99 Å². The van der Waals surface area contributed by atoms with E-state index < -0.39 is 0 Å². The first-order chi connectivity index (χ1) is 8.94. The number of benzene rings is 1. The number of rotatable bonds is 4. The molecule has 0 heterocycles. The van der Waals surface area contributed by atoms with Crippen LogP contribution in [-0.2, 0) is 4.79 Å². The molecule has 1 aliphatic rings. The SMILES string of the molecule is CCC1(CC)C(=O)CC1Oc1c(I)cc(I)cc1I. The predicted molar refractivity (Wildman–Crippen MR) is 102 cm³/mol. The van der Waals surface area contributed by atoms with Crippen molar-refractivity contribution in [1.82, 2.24) is 0 Å². The molecule has 1 aromatic carbocycles. The number of hydrogen-bond acceptors (Lipinski definition) is 2. The fourth-order valence-corrected chi connectivity index (χ4v) is 6.49. The monoisotopic (exact) mass is 596 g/mol. The van der Waals surface area contributed by atoms with Gasteiger partial charge in [-0.3, -0.25) is 4.79 Å². The minimum absolute atomic E-state index is 0.0390. The Kier molecular flexibility index (Phi) is 5.41. The van der Waals surface area contributed by atoms with Gasteiger partial charge in [-0.05, 0) is 92.7 Å². The molecule has 19 heavy (non-hydrogen) atoms. The number of carbonyl (C=O) groups excluding carboxylic acids is 1. The van der Waals surface area contributed by atoms with Crippen molar-refractivity contribution in [1.29, 1.82) is 0 Å². The third kappa shape index (κ3) is 2.93. The minimum atomic E-state index is -0.255. The molecule has 1 atom stereocenters. The molecule has 5 heteroatoms. The van der Waals surface area contributed by atoms with E-state index in [0.29, 0.717) is 12.2 Å². The van der Waals surface area contributed by atoms with Crippen LogP contribution in [0.25, 0.3) is 0 Å². The van der Waals surface area contributed by atoms with Gasteiger partial charge in [0.2, 0.25) is 0 Å². The first kappa shape index (κ1) is 16.3. The first-order valence-electron chi connectivity index (χ1n) is 6.29. The summed E-state index contributed by atoms with van der Waals surface area (Å²) in [6, 6.07) is 4.22. The van der Waals surface area contributed by atoms with Gasteiger partial charge in [-0.1, -0.05) is 13.8 Å². The Labute approximate surface area is 154 Å². The predicted octanol–water partition coefficient (Wildman–Crippen LogP) is 5.03. The lowest BCUT2D eigenvalue weighted by Gasteiger charge is -2.46. The summed E-state index contributed by atoms with van der Waals surface area (Å²) in [6.07, 6.45) is 2.33. The molecular weight excluding hydrogens is 581 g/mol. The van der Waals surface area contributed by atoms with E-state index >= 15 is 0 Å². The molecule has 1 fully saturated rings. The van der Waals surface area contributed by atoms with Crippen LogP contribution >= 0.6 is 67.8 Å². The topological polar surface area (TPSA) is 26.3 Å². The number of Topliss-reactive ketones (excluding diaryl/α,β-unsaturated/α-hetero) is 1. The molecule has 1 unspecified atom stereocenters. The van der Waals surface area contributed by atoms with Gasteiger partial charge in [0.1, 0.15) is 17.6 Å². The Bertz CT molecular complexity index is 486. The lowest BCUT2D eigenvalue weighted by atomic mass is 9.61. The molecule has 1 saturated carbocycles. The molecule has 0 bridgehead atoms. The van der Waals surface area contributed by atoms with Crippen LogP contribution < -0.4 is 4.74 Å². The molecule has 0 saturated heterocycles. The van der Waals surface area contributed by atoms with Crippen molar-refractivity contribution in [2.24, 2.45) is 5.41 Å². The summed E-state index contributed by atoms with van der Waals surface area (Å²) in [5, 5.41) is 0. The van der Waals surface area contributed by atoms with Gasteiger partial charge in [0.25, 0.3) is 0 Å². The van der Waals surface area contributed by atoms with E-state index in [0.717, 1.165) is 25.7 Å². The molecule has 2 rings (SSSR count). The van der Waals surface area contributed by atoms with E-state index in [1.165, 1.54) is 3.57 Å². The number of halogens is 3. The van der Waals surface area contributed by atoms with Gasteiger partial charge < -0.3 is 4.74 Å². The molecule has 2 nitrogen and oxygen atoms in total. The van der Waals surface area contributed by atoms with E-state index in [9.17, 15) is 4.79 Å². The van der Waals surface area contributed by atoms with Crippen LogP contribution in [0.1, 0.15) is 33.1 Å². The molecule has 1 aromatic rings. The van der Waals surface area contributed by atoms with Gasteiger partial charge in [-0.25, -0.2) is 0 Å². The summed E-state index contributed by atoms with van der Waals surface area (Å²) in [5.74, 6) is 1.29. The number of ether oxygens (including phenoxy) is 1. The number of carbonyl (C=O) groups is 1. The number of ketones is 1. The third-order valence-electron chi connectivity index (χ3n) is 4.03. The molecule has 0 aliphatic heterocycles. The zero-order valence-corrected chi connectivity index (χ0v) is 17.3. The van der Waals surface area contributed by atoms with Gasteiger partial charge in [-0.2, -0.15) is 0 Å². The molecule has 1 aliphatic carbocycles. The summed E-state index contributed by atoms with van der Waals surface area (Å²) >= 11 is 6.92. The third-order valence-corrected chi connectivity index (χ3v) is 6.25. The maximum atomic E-state index is 12.0. The van der Waals surface area contributed by atoms with E-state index in [-0.39, 0.29) is 11.5 Å². The van der Waals surface area contributed by atoms with Crippen LogP contribution in [0.3, 0.4) is 0 Å². The van der Waals surface area contributed by atoms with Crippen molar-refractivity contribution in [3.63, 3.8) is 0 Å². The van der Waals surface area contributed by atoms with Crippen molar-refractivity contribution in [3.05, 3.63) is 22.8 Å². The zero-order valence-electron chi connectivity index (χ0n) is 10.8. The largest absolute Gasteiger partial charge is 0.487 e. The minimum Gasteiger partial charge on any atom is -0.487 e. The fraction of sp³-hybridized carbons (Fsp3) is 0.500. The van der Waals surface area contributed by atoms with Crippen LogP contribution in [0.15, 0.2) is 12.1 Å². The second kappa shape index (κ2) is 6.33. The van der Waals surface area contributed by atoms with Crippen LogP contribution in [0.2, 0.25) is 0 Å².